The molecule has 4 amide bonds. The van der Waals surface area contributed by atoms with Gasteiger partial charge in [-0.1, -0.05) is 24.3 Å². The zero-order valence-electron chi connectivity index (χ0n) is 28.1. The summed E-state index contributed by atoms with van der Waals surface area (Å²) in [5.74, 6) is 0.706. The molecule has 264 valence electrons. The van der Waals surface area contributed by atoms with Crippen molar-refractivity contribution in [2.75, 3.05) is 9.80 Å². The Bertz CT molecular complexity index is 2160. The van der Waals surface area contributed by atoms with Gasteiger partial charge in [-0.3, -0.25) is 29.0 Å². The number of allylic oxidation sites excluding steroid dienone is 4. The fraction of sp³-hybridized carbons (Fsp3) is 0.238. The maximum absolute atomic E-state index is 13.4. The average Bonchev–Trinajstić information content (AvgIpc) is 4.03. The Labute approximate surface area is 305 Å². The summed E-state index contributed by atoms with van der Waals surface area (Å²) in [7, 11) is -3.85. The van der Waals surface area contributed by atoms with Gasteiger partial charge in [0, 0.05) is 0 Å². The zero-order valence-corrected chi connectivity index (χ0v) is 29.0. The van der Waals surface area contributed by atoms with Crippen LogP contribution in [0.25, 0.3) is 0 Å². The predicted molar refractivity (Wildman–Crippen MR) is 192 cm³/mol. The van der Waals surface area contributed by atoms with Crippen molar-refractivity contribution in [2.45, 2.75) is 22.6 Å². The molecule has 4 aliphatic carbocycles. The fourth-order valence-corrected chi connectivity index (χ4v) is 10.7. The molecule has 0 aromatic heterocycles. The van der Waals surface area contributed by atoms with E-state index in [2.05, 4.69) is 24.3 Å². The van der Waals surface area contributed by atoms with Gasteiger partial charge in [-0.2, -0.15) is 0 Å². The Morgan fingerprint density at radius 3 is 0.962 bits per heavy atom. The molecule has 10 rings (SSSR count). The largest absolute Gasteiger partial charge is 0.457 e. The van der Waals surface area contributed by atoms with Crippen molar-refractivity contribution in [3.8, 4) is 23.0 Å². The number of fused-ring (bicyclic) bond motifs is 10. The molecule has 0 radical (unpaired) electrons. The van der Waals surface area contributed by atoms with Crippen molar-refractivity contribution in [3.05, 3.63) is 121 Å². The number of anilines is 2. The molecule has 4 fully saturated rings. The maximum atomic E-state index is 13.4. The molecule has 2 saturated carbocycles. The topological polar surface area (TPSA) is 127 Å². The van der Waals surface area contributed by atoms with Crippen molar-refractivity contribution in [1.29, 1.82) is 0 Å². The Kier molecular flexibility index (Phi) is 6.98. The van der Waals surface area contributed by atoms with Crippen molar-refractivity contribution >= 4 is 44.8 Å². The van der Waals surface area contributed by atoms with Crippen LogP contribution in [0.3, 0.4) is 0 Å². The molecule has 0 unspecified atom stereocenters. The molecule has 2 saturated heterocycles. The number of benzene rings is 4. The summed E-state index contributed by atoms with van der Waals surface area (Å²) in [5.41, 5.74) is 1.02. The summed E-state index contributed by atoms with van der Waals surface area (Å²) in [6.45, 7) is 0. The highest BCUT2D eigenvalue weighted by Gasteiger charge is 2.60. The summed E-state index contributed by atoms with van der Waals surface area (Å²) in [4.78, 5) is 55.3. The number of imide groups is 2. The first-order valence-corrected chi connectivity index (χ1v) is 19.3. The molecule has 0 spiro atoms. The van der Waals surface area contributed by atoms with Gasteiger partial charge in [0.1, 0.15) is 23.0 Å². The van der Waals surface area contributed by atoms with Crippen LogP contribution in [0.1, 0.15) is 12.8 Å². The Morgan fingerprint density at radius 2 is 0.679 bits per heavy atom. The highest BCUT2D eigenvalue weighted by Crippen LogP contribution is 2.54. The first kappa shape index (κ1) is 31.9. The summed E-state index contributed by atoms with van der Waals surface area (Å²) >= 11 is 0. The number of hydrogen-bond acceptors (Lipinski definition) is 8. The van der Waals surface area contributed by atoms with E-state index in [1.165, 1.54) is 34.1 Å². The van der Waals surface area contributed by atoms with Crippen molar-refractivity contribution in [3.63, 3.8) is 0 Å². The lowest BCUT2D eigenvalue weighted by Gasteiger charge is -2.17. The third kappa shape index (κ3) is 4.86. The van der Waals surface area contributed by atoms with Crippen molar-refractivity contribution in [1.82, 2.24) is 0 Å². The van der Waals surface area contributed by atoms with Crippen molar-refractivity contribution in [2.24, 2.45) is 47.3 Å². The van der Waals surface area contributed by atoms with Crippen LogP contribution in [-0.4, -0.2) is 32.0 Å². The van der Waals surface area contributed by atoms with Gasteiger partial charge in [-0.25, -0.2) is 8.42 Å². The number of nitrogens with zero attached hydrogens (tertiary/aromatic N) is 2. The monoisotopic (exact) mass is 724 g/mol. The first-order chi connectivity index (χ1) is 25.7. The predicted octanol–water partition coefficient (Wildman–Crippen LogP) is 6.73. The summed E-state index contributed by atoms with van der Waals surface area (Å²) in [6.07, 6.45) is 10.0. The lowest BCUT2D eigenvalue weighted by atomic mass is 9.85. The molecular weight excluding hydrogens is 693 g/mol. The highest BCUT2D eigenvalue weighted by atomic mass is 32.2. The zero-order chi connectivity index (χ0) is 36.2. The standard InChI is InChI=1S/C42H32N2O8S/c45-39-35-23-1-2-24(21-23)36(35)40(46)43(39)27-5-9-29(10-6-27)51-31-13-17-33(18-14-31)53(49,50)34-19-15-32(16-20-34)52-30-11-7-28(8-12-30)44-41(47)37-25-3-4-26(22-25)38(37)42(44)48/h1-20,23-26,35-38H,21-22H2/t23-,24-,25-,26-,35-,36+,37-,38+/m0/s1. The molecule has 2 aliphatic heterocycles. The van der Waals surface area contributed by atoms with E-state index in [9.17, 15) is 27.6 Å². The average molecular weight is 725 g/mol. The minimum atomic E-state index is -3.85. The smallest absolute Gasteiger partial charge is 0.238 e. The molecule has 4 aromatic carbocycles. The summed E-state index contributed by atoms with van der Waals surface area (Å²) in [6, 6.07) is 25.6. The van der Waals surface area contributed by atoms with E-state index in [4.69, 9.17) is 9.47 Å². The summed E-state index contributed by atoms with van der Waals surface area (Å²) < 4.78 is 38.7. The van der Waals surface area contributed by atoms with Gasteiger partial charge < -0.3 is 9.47 Å². The lowest BCUT2D eigenvalue weighted by molar-refractivity contribution is -0.124. The number of rotatable bonds is 8. The SMILES string of the molecule is O=C1[C@@H]2[C@H](C(=O)N1c1ccc(Oc3ccc(S(=O)(=O)c4ccc(Oc5ccc(N6C(=O)[C@@H]7[C@H](C6=O)[C@H]6C=C[C@H]7C6)cc5)cc4)cc3)cc1)[C@H]1C=C[C@H]2C1. The molecule has 53 heavy (non-hydrogen) atoms. The molecule has 4 bridgehead atoms. The van der Waals surface area contributed by atoms with E-state index in [0.29, 0.717) is 34.4 Å². The molecule has 8 atom stereocenters. The van der Waals surface area contributed by atoms with Gasteiger partial charge in [0.2, 0.25) is 33.5 Å². The second-order valence-corrected chi connectivity index (χ2v) is 16.6. The Hall–Kier alpha value is -5.81. The molecule has 6 aliphatic rings. The van der Waals surface area contributed by atoms with Crippen LogP contribution in [0.2, 0.25) is 0 Å². The van der Waals surface area contributed by atoms with Gasteiger partial charge in [0.15, 0.2) is 0 Å². The number of carbonyl (C=O) groups is 4. The van der Waals surface area contributed by atoms with E-state index in [-0.39, 0.29) is 80.8 Å². The quantitative estimate of drug-likeness (QED) is 0.145. The second-order valence-electron chi connectivity index (χ2n) is 14.7. The molecule has 0 N–H and O–H groups in total. The van der Waals surface area contributed by atoms with Crippen LogP contribution in [0.4, 0.5) is 11.4 Å². The van der Waals surface area contributed by atoms with Gasteiger partial charge in [0.25, 0.3) is 0 Å². The molecule has 4 aromatic rings. The maximum Gasteiger partial charge on any atom is 0.238 e. The van der Waals surface area contributed by atoms with Crippen LogP contribution >= 0.6 is 0 Å². The van der Waals surface area contributed by atoms with Crippen LogP contribution < -0.4 is 19.3 Å². The van der Waals surface area contributed by atoms with Crippen LogP contribution in [-0.2, 0) is 29.0 Å². The molecule has 10 nitrogen and oxygen atoms in total. The minimum absolute atomic E-state index is 0.0865. The Balaban J connectivity index is 0.770. The number of carbonyl (C=O) groups excluding carboxylic acids is 4. The molecule has 2 heterocycles. The molecule has 11 heteroatoms. The van der Waals surface area contributed by atoms with E-state index < -0.39 is 9.84 Å². The van der Waals surface area contributed by atoms with E-state index in [0.717, 1.165) is 12.8 Å². The third-order valence-corrected chi connectivity index (χ3v) is 13.7. The lowest BCUT2D eigenvalue weighted by Crippen LogP contribution is -2.32. The minimum Gasteiger partial charge on any atom is -0.457 e. The summed E-state index contributed by atoms with van der Waals surface area (Å²) in [5, 5.41) is 0. The number of sulfone groups is 1. The fourth-order valence-electron chi connectivity index (χ4n) is 9.42. The third-order valence-electron chi connectivity index (χ3n) is 11.9. The second kappa shape index (κ2) is 11.6. The number of amides is 4. The van der Waals surface area contributed by atoms with Gasteiger partial charge >= 0.3 is 0 Å². The Morgan fingerprint density at radius 1 is 0.415 bits per heavy atom. The van der Waals surface area contributed by atoms with E-state index >= 15 is 0 Å². The van der Waals surface area contributed by atoms with Gasteiger partial charge in [-0.05, 0) is 134 Å². The first-order valence-electron chi connectivity index (χ1n) is 17.8. The molecular formula is C42H32N2O8S. The van der Waals surface area contributed by atoms with Crippen LogP contribution in [0.5, 0.6) is 23.0 Å². The number of ether oxygens (including phenoxy) is 2. The van der Waals surface area contributed by atoms with Gasteiger partial charge in [-0.15, -0.1) is 0 Å². The van der Waals surface area contributed by atoms with Crippen molar-refractivity contribution < 1.29 is 37.1 Å². The highest BCUT2D eigenvalue weighted by molar-refractivity contribution is 7.91. The van der Waals surface area contributed by atoms with E-state index in [1.807, 2.05) is 0 Å². The normalized spacial score (nSPS) is 29.1. The number of hydrogen-bond donors (Lipinski definition) is 0. The van der Waals surface area contributed by atoms with Gasteiger partial charge in [0.05, 0.1) is 44.8 Å². The van der Waals surface area contributed by atoms with Crippen LogP contribution in [0, 0.1) is 47.3 Å². The van der Waals surface area contributed by atoms with E-state index in [1.54, 1.807) is 72.8 Å². The van der Waals surface area contributed by atoms with Crippen LogP contribution in [0.15, 0.2) is 131 Å².